The number of nitrogens with one attached hydrogen (secondary N) is 8. The zero-order valence-electron chi connectivity index (χ0n) is 75.0. The van der Waals surface area contributed by atoms with Crippen molar-refractivity contribution in [3.63, 3.8) is 0 Å². The molecule has 0 spiro atoms. The summed E-state index contributed by atoms with van der Waals surface area (Å²) in [5, 5.41) is 114. The summed E-state index contributed by atoms with van der Waals surface area (Å²) in [6, 6.07) is 10.5. The Kier molecular flexibility index (Phi) is 48.9. The number of phenols is 2. The number of ketones is 7. The van der Waals surface area contributed by atoms with Crippen molar-refractivity contribution in [2.24, 2.45) is 59.0 Å². The molecule has 3 aromatic carbocycles. The van der Waals surface area contributed by atoms with Gasteiger partial charge >= 0.3 is 17.9 Å². The number of aliphatic hydroxyl groups excluding tert-OH is 4. The summed E-state index contributed by atoms with van der Waals surface area (Å²) in [5.41, 5.74) is 6.78. The second-order valence-corrected chi connectivity index (χ2v) is 34.3. The number of amides is 9. The molecule has 9 amide bonds. The second kappa shape index (κ2) is 57.4. The van der Waals surface area contributed by atoms with E-state index < -0.39 is 286 Å². The Balaban J connectivity index is 1.53. The van der Waals surface area contributed by atoms with Crippen molar-refractivity contribution in [1.29, 1.82) is 0 Å². The van der Waals surface area contributed by atoms with Crippen LogP contribution in [0.4, 0.5) is 0 Å². The van der Waals surface area contributed by atoms with Crippen LogP contribution in [0, 0.1) is 53.3 Å². The number of Topliss-reactive ketones (excluding diaryl/α,β-unsaturated/α-hetero) is 7. The molecule has 0 unspecified atom stereocenters. The molecule has 38 heteroatoms. The van der Waals surface area contributed by atoms with Gasteiger partial charge < -0.3 is 99.1 Å². The maximum atomic E-state index is 14.8. The number of aromatic hydroxyl groups is 2. The quantitative estimate of drug-likeness (QED) is 0.0359. The third-order valence-corrected chi connectivity index (χ3v) is 22.9. The number of rotatable bonds is 65. The van der Waals surface area contributed by atoms with E-state index in [4.69, 9.17) is 5.73 Å². The number of hydrogen-bond donors (Lipinski definition) is 18. The standard InChI is InChI=1S/C92H132N10O28/c1-8-53(4)85(79(115)42-61(36-58-22-27-65(107)28-23-58)88(126)97-71(35-52(2)3)75(111)40-62(44-83(120)121)87(125)96-54(5)17-12-14-32-93)101-90(128)64(50-103)43-76(112)72(38-59-24-29-66(108)30-25-59)98-89(127)63(45-84(122)123)41-77(113)74(51-104)100-92(130)70(56(7)106)47-78(114)73(37-57-18-10-9-11-19-57)99-91(129)69(55(6)105)46-68(110)48-95-86(124)60(26-31-82(118)119)39-67(109)20-16-33-94-80(116)49-102-34-15-13-21-81(102)117/h9-11,18-19,22-25,27-30,52-56,60-64,69-74,85,103-108H,8,12-17,20-21,26,31-51,93H2,1-7H3,(H,94,116)(H,95,124)(H,96,125)(H,97,126)(H,98,127)(H,99,129)(H,100,130)(H,101,128)(H,118,119)(H,120,121)(H,122,123)/t53-,54+,55+,56+,60+,61+,62-,63-,64-,69-,70-,71-,72-,73-,74-,85-/m0/s1. The molecule has 0 aromatic heterocycles. The maximum Gasteiger partial charge on any atom is 0.304 e. The summed E-state index contributed by atoms with van der Waals surface area (Å²) < 4.78 is 0. The summed E-state index contributed by atoms with van der Waals surface area (Å²) in [4.78, 5) is 261. The van der Waals surface area contributed by atoms with Gasteiger partial charge in [-0.15, -0.1) is 0 Å². The van der Waals surface area contributed by atoms with Crippen LogP contribution in [0.15, 0.2) is 78.9 Å². The van der Waals surface area contributed by atoms with Gasteiger partial charge in [-0.05, 0) is 144 Å². The van der Waals surface area contributed by atoms with Crippen molar-refractivity contribution < 1.29 is 137 Å². The van der Waals surface area contributed by atoms with E-state index in [1.54, 1.807) is 65.0 Å². The Morgan fingerprint density at radius 3 is 1.45 bits per heavy atom. The number of unbranched alkanes of at least 4 members (excludes halogenated alkanes) is 1. The van der Waals surface area contributed by atoms with Crippen LogP contribution in [-0.4, -0.2) is 257 Å². The Hall–Kier alpha value is -11.6. The SMILES string of the molecule is CC[C@H](C)[C@H](NC(=O)[C@H](CO)CC(=O)[C@H](Cc1ccc(O)cc1)NC(=O)[C@H](CC(=O)O)CC(=O)[C@H](CO)NC(=O)[C@@H](CC(=O)[C@H](Cc1ccccc1)NC(=O)[C@@H](CC(=O)CNC(=O)[C@H](CCC(=O)O)CC(=O)CCCNC(=O)CN1CCCCC1=O)[C@@H](C)O)[C@@H](C)O)C(=O)C[C@@H](Cc1ccc(O)cc1)C(=O)N[C@@H](CC(C)C)C(=O)C[C@@H](CC(=O)O)C(=O)N[C@H](C)CCCCN. The monoisotopic (exact) mass is 1820 g/mol. The number of carboxylic acids is 3. The van der Waals surface area contributed by atoms with Crippen LogP contribution in [-0.2, 0) is 110 Å². The highest BCUT2D eigenvalue weighted by Crippen LogP contribution is 2.27. The first-order chi connectivity index (χ1) is 61.4. The molecule has 38 nitrogen and oxygen atoms in total. The lowest BCUT2D eigenvalue weighted by Crippen LogP contribution is -2.52. The van der Waals surface area contributed by atoms with Gasteiger partial charge in [-0.1, -0.05) is 95.1 Å². The van der Waals surface area contributed by atoms with E-state index in [2.05, 4.69) is 42.5 Å². The molecule has 0 saturated carbocycles. The van der Waals surface area contributed by atoms with Crippen molar-refractivity contribution >= 4 is 112 Å². The number of nitrogens with two attached hydrogens (primary N) is 1. The van der Waals surface area contributed by atoms with E-state index in [0.717, 1.165) is 26.7 Å². The number of benzene rings is 3. The number of likely N-dealkylation sites (tertiary alicyclic amines) is 1. The highest BCUT2D eigenvalue weighted by Gasteiger charge is 2.41. The van der Waals surface area contributed by atoms with E-state index in [1.807, 2.05) is 0 Å². The van der Waals surface area contributed by atoms with E-state index in [0.29, 0.717) is 49.9 Å². The zero-order valence-corrected chi connectivity index (χ0v) is 75.0. The first kappa shape index (κ1) is 111. The Labute approximate surface area is 755 Å². The van der Waals surface area contributed by atoms with Gasteiger partial charge in [0.05, 0.1) is 105 Å². The molecule has 4 rings (SSSR count). The third kappa shape index (κ3) is 40.6. The molecule has 718 valence electrons. The average molecular weight is 1830 g/mol. The van der Waals surface area contributed by atoms with E-state index in [1.165, 1.54) is 53.4 Å². The molecule has 19 N–H and O–H groups in total. The smallest absolute Gasteiger partial charge is 0.304 e. The molecular weight excluding hydrogens is 1690 g/mol. The second-order valence-electron chi connectivity index (χ2n) is 34.3. The first-order valence-corrected chi connectivity index (χ1v) is 44.3. The molecule has 0 bridgehead atoms. The van der Waals surface area contributed by atoms with Gasteiger partial charge in [0.15, 0.2) is 34.7 Å². The predicted octanol–water partition coefficient (Wildman–Crippen LogP) is 1.89. The fourth-order valence-electron chi connectivity index (χ4n) is 15.0. The summed E-state index contributed by atoms with van der Waals surface area (Å²) in [6.45, 7) is 8.55. The number of hydrogen-bond acceptors (Lipinski definition) is 26. The van der Waals surface area contributed by atoms with Crippen molar-refractivity contribution in [3.8, 4) is 11.5 Å². The van der Waals surface area contributed by atoms with Crippen LogP contribution in [0.1, 0.15) is 200 Å². The van der Waals surface area contributed by atoms with Gasteiger partial charge in [0, 0.05) is 95.2 Å². The maximum absolute atomic E-state index is 14.8. The van der Waals surface area contributed by atoms with Crippen molar-refractivity contribution in [2.45, 2.75) is 251 Å². The average Bonchev–Trinajstić information content (AvgIpc) is 0.838. The molecule has 1 fully saturated rings. The first-order valence-electron chi connectivity index (χ1n) is 44.3. The molecule has 1 aliphatic heterocycles. The number of carbonyl (C=O) groups excluding carboxylic acids is 16. The highest BCUT2D eigenvalue weighted by molar-refractivity contribution is 6.01. The third-order valence-electron chi connectivity index (χ3n) is 22.9. The number of aliphatic hydroxyl groups is 4. The number of aliphatic carboxylic acids is 3. The molecule has 1 saturated heterocycles. The van der Waals surface area contributed by atoms with Crippen LogP contribution >= 0.6 is 0 Å². The number of piperidine rings is 1. The lowest BCUT2D eigenvalue weighted by atomic mass is 9.85. The Bertz CT molecular complexity index is 4310. The Morgan fingerprint density at radius 1 is 0.438 bits per heavy atom. The lowest BCUT2D eigenvalue weighted by Gasteiger charge is -2.28. The molecule has 3 aromatic rings. The van der Waals surface area contributed by atoms with Gasteiger partial charge in [0.1, 0.15) is 23.3 Å². The van der Waals surface area contributed by atoms with Gasteiger partial charge in [-0.25, -0.2) is 0 Å². The van der Waals surface area contributed by atoms with Gasteiger partial charge in [0.2, 0.25) is 53.2 Å². The summed E-state index contributed by atoms with van der Waals surface area (Å²) in [7, 11) is 0. The fourth-order valence-corrected chi connectivity index (χ4v) is 15.0. The van der Waals surface area contributed by atoms with Crippen LogP contribution in [0.2, 0.25) is 0 Å². The molecule has 0 aliphatic carbocycles. The van der Waals surface area contributed by atoms with Gasteiger partial charge in [0.25, 0.3) is 0 Å². The largest absolute Gasteiger partial charge is 0.508 e. The summed E-state index contributed by atoms with van der Waals surface area (Å²) >= 11 is 0. The number of phenolic OH excluding ortho intramolecular Hbond substituents is 2. The lowest BCUT2D eigenvalue weighted by molar-refractivity contribution is -0.143. The summed E-state index contributed by atoms with van der Waals surface area (Å²) in [6.07, 6.45) is -8.17. The minimum Gasteiger partial charge on any atom is -0.508 e. The normalized spacial score (nSPS) is 15.8. The Morgan fingerprint density at radius 2 is 0.923 bits per heavy atom. The minimum absolute atomic E-state index is 0.0258. The zero-order chi connectivity index (χ0) is 97.0. The van der Waals surface area contributed by atoms with Crippen molar-refractivity contribution in [1.82, 2.24) is 47.4 Å². The highest BCUT2D eigenvalue weighted by atomic mass is 16.4. The number of carboxylic acid groups (broad SMARTS) is 3. The van der Waals surface area contributed by atoms with Gasteiger partial charge in [-0.3, -0.25) is 91.1 Å². The summed E-state index contributed by atoms with van der Waals surface area (Å²) in [5.74, 6) is -29.8. The van der Waals surface area contributed by atoms with E-state index in [-0.39, 0.29) is 93.0 Å². The van der Waals surface area contributed by atoms with Crippen LogP contribution in [0.3, 0.4) is 0 Å². The van der Waals surface area contributed by atoms with Crippen molar-refractivity contribution in [3.05, 3.63) is 95.6 Å². The topological polar surface area (TPSA) is 632 Å². The predicted molar refractivity (Wildman–Crippen MR) is 469 cm³/mol. The van der Waals surface area contributed by atoms with Crippen molar-refractivity contribution in [2.75, 3.05) is 45.9 Å². The fraction of sp³-hybridized carbons (Fsp3) is 0.598. The van der Waals surface area contributed by atoms with Crippen LogP contribution in [0.5, 0.6) is 11.5 Å². The number of nitrogens with zero attached hydrogens (tertiary/aromatic N) is 1. The van der Waals surface area contributed by atoms with E-state index in [9.17, 15) is 137 Å². The molecular formula is C92H132N10O28. The van der Waals surface area contributed by atoms with Gasteiger partial charge in [-0.2, -0.15) is 0 Å². The molecule has 1 aliphatic rings. The molecule has 1 heterocycles. The molecule has 130 heavy (non-hydrogen) atoms. The van der Waals surface area contributed by atoms with Crippen LogP contribution < -0.4 is 48.3 Å². The number of carbonyl (C=O) groups is 19. The van der Waals surface area contributed by atoms with Crippen LogP contribution in [0.25, 0.3) is 0 Å². The molecule has 0 radical (unpaired) electrons. The molecule has 16 atom stereocenters. The minimum atomic E-state index is -1.99. The van der Waals surface area contributed by atoms with E-state index >= 15 is 0 Å².